The van der Waals surface area contributed by atoms with E-state index in [0.717, 1.165) is 33.8 Å². The van der Waals surface area contributed by atoms with Crippen LogP contribution in [-0.2, 0) is 11.3 Å². The van der Waals surface area contributed by atoms with Crippen LogP contribution in [0.5, 0.6) is 0 Å². The molecule has 3 aromatic rings. The first-order valence-corrected chi connectivity index (χ1v) is 10.3. The number of hydrogen-bond acceptors (Lipinski definition) is 3. The van der Waals surface area contributed by atoms with E-state index in [-0.39, 0.29) is 11.1 Å². The molecule has 2 aromatic carbocycles. The average molecular weight is 431 g/mol. The van der Waals surface area contributed by atoms with Crippen molar-refractivity contribution in [2.45, 2.75) is 13.5 Å². The van der Waals surface area contributed by atoms with E-state index in [1.165, 1.54) is 4.90 Å². The van der Waals surface area contributed by atoms with E-state index < -0.39 is 0 Å². The molecule has 0 N–H and O–H groups in total. The molecule has 142 valence electrons. The van der Waals surface area contributed by atoms with Crippen LogP contribution in [0.4, 0.5) is 4.79 Å². The summed E-state index contributed by atoms with van der Waals surface area (Å²) in [6.07, 6.45) is 3.78. The zero-order valence-electron chi connectivity index (χ0n) is 15.0. The molecule has 0 unspecified atom stereocenters. The maximum absolute atomic E-state index is 12.4. The van der Waals surface area contributed by atoms with Crippen molar-refractivity contribution >= 4 is 63.1 Å². The Morgan fingerprint density at radius 2 is 1.89 bits per heavy atom. The number of amides is 2. The van der Waals surface area contributed by atoms with Gasteiger partial charge in [0.25, 0.3) is 11.1 Å². The second-order valence-electron chi connectivity index (χ2n) is 6.39. The lowest BCUT2D eigenvalue weighted by Gasteiger charge is -2.08. The molecule has 7 heteroatoms. The molecule has 0 saturated carbocycles. The number of fused-ring (bicyclic) bond motifs is 1. The molecule has 1 aromatic heterocycles. The molecular weight excluding hydrogens is 415 g/mol. The molecule has 0 radical (unpaired) electrons. The van der Waals surface area contributed by atoms with Gasteiger partial charge in [-0.2, -0.15) is 0 Å². The van der Waals surface area contributed by atoms with Crippen LogP contribution in [-0.4, -0.2) is 27.2 Å². The number of halogens is 2. The second-order valence-corrected chi connectivity index (χ2v) is 8.23. The van der Waals surface area contributed by atoms with Crippen molar-refractivity contribution in [3.63, 3.8) is 0 Å². The molecule has 1 fully saturated rings. The first-order chi connectivity index (χ1) is 13.5. The van der Waals surface area contributed by atoms with Crippen LogP contribution in [0.15, 0.2) is 53.6 Å². The van der Waals surface area contributed by atoms with Gasteiger partial charge in [0.2, 0.25) is 0 Å². The largest absolute Gasteiger partial charge is 0.342 e. The fourth-order valence-electron chi connectivity index (χ4n) is 3.27. The lowest BCUT2D eigenvalue weighted by atomic mass is 10.1. The van der Waals surface area contributed by atoms with Gasteiger partial charge in [0.1, 0.15) is 0 Å². The number of carbonyl (C=O) groups is 2. The Balaban J connectivity index is 1.76. The van der Waals surface area contributed by atoms with Gasteiger partial charge in [-0.3, -0.25) is 14.5 Å². The van der Waals surface area contributed by atoms with Crippen molar-refractivity contribution in [1.82, 2.24) is 9.47 Å². The number of carbonyl (C=O) groups excluding carboxylic acids is 2. The normalized spacial score (nSPS) is 16.0. The molecule has 0 atom stereocenters. The van der Waals surface area contributed by atoms with Gasteiger partial charge in [-0.1, -0.05) is 47.5 Å². The lowest BCUT2D eigenvalue weighted by molar-refractivity contribution is -0.122. The summed E-state index contributed by atoms with van der Waals surface area (Å²) < 4.78 is 2.08. The maximum atomic E-state index is 12.4. The van der Waals surface area contributed by atoms with Crippen LogP contribution in [0, 0.1) is 0 Å². The van der Waals surface area contributed by atoms with Crippen molar-refractivity contribution in [2.24, 2.45) is 0 Å². The number of para-hydroxylation sites is 1. The van der Waals surface area contributed by atoms with Crippen LogP contribution in [0.25, 0.3) is 17.0 Å². The SMILES string of the molecule is CCN1C(=O)S/C(=C/c2cn(Cc3ccc(Cl)cc3Cl)c3ccccc23)C1=O. The molecule has 28 heavy (non-hydrogen) atoms. The van der Waals surface area contributed by atoms with E-state index in [9.17, 15) is 9.59 Å². The summed E-state index contributed by atoms with van der Waals surface area (Å²) in [7, 11) is 0. The van der Waals surface area contributed by atoms with Gasteiger partial charge in [-0.15, -0.1) is 0 Å². The van der Waals surface area contributed by atoms with Crippen LogP contribution in [0.1, 0.15) is 18.1 Å². The summed E-state index contributed by atoms with van der Waals surface area (Å²) >= 11 is 13.3. The van der Waals surface area contributed by atoms with Gasteiger partial charge < -0.3 is 4.57 Å². The summed E-state index contributed by atoms with van der Waals surface area (Å²) in [6, 6.07) is 13.4. The number of nitrogens with zero attached hydrogens (tertiary/aromatic N) is 2. The van der Waals surface area contributed by atoms with Crippen LogP contribution in [0.2, 0.25) is 10.0 Å². The molecular formula is C21H16Cl2N2O2S. The average Bonchev–Trinajstić information content (AvgIpc) is 3.15. The Hall–Kier alpha value is -2.21. The molecule has 2 amide bonds. The number of likely N-dealkylation sites (N-methyl/N-ethyl adjacent to an activating group) is 1. The van der Waals surface area contributed by atoms with Crippen molar-refractivity contribution in [2.75, 3.05) is 6.54 Å². The van der Waals surface area contributed by atoms with E-state index in [4.69, 9.17) is 23.2 Å². The first kappa shape index (κ1) is 19.1. The van der Waals surface area contributed by atoms with Crippen molar-refractivity contribution in [1.29, 1.82) is 0 Å². The molecule has 1 aliphatic rings. The van der Waals surface area contributed by atoms with E-state index in [1.54, 1.807) is 19.1 Å². The Morgan fingerprint density at radius 3 is 2.61 bits per heavy atom. The Bertz CT molecular complexity index is 1140. The Kier molecular flexibility index (Phi) is 5.23. The highest BCUT2D eigenvalue weighted by Crippen LogP contribution is 2.34. The fraction of sp³-hybridized carbons (Fsp3) is 0.143. The molecule has 0 bridgehead atoms. The van der Waals surface area contributed by atoms with Crippen molar-refractivity contribution in [3.8, 4) is 0 Å². The Labute approximate surface area is 176 Å². The summed E-state index contributed by atoms with van der Waals surface area (Å²) in [4.78, 5) is 26.1. The van der Waals surface area contributed by atoms with E-state index >= 15 is 0 Å². The summed E-state index contributed by atoms with van der Waals surface area (Å²) in [5.41, 5.74) is 2.86. The third kappa shape index (κ3) is 3.46. The molecule has 1 saturated heterocycles. The molecule has 1 aliphatic heterocycles. The minimum atomic E-state index is -0.241. The maximum Gasteiger partial charge on any atom is 0.293 e. The van der Waals surface area contributed by atoms with Crippen LogP contribution in [0.3, 0.4) is 0 Å². The number of hydrogen-bond donors (Lipinski definition) is 0. The van der Waals surface area contributed by atoms with Crippen molar-refractivity contribution < 1.29 is 9.59 Å². The topological polar surface area (TPSA) is 42.3 Å². The molecule has 0 spiro atoms. The lowest BCUT2D eigenvalue weighted by Crippen LogP contribution is -2.27. The molecule has 2 heterocycles. The van der Waals surface area contributed by atoms with Crippen LogP contribution < -0.4 is 0 Å². The van der Waals surface area contributed by atoms with Crippen LogP contribution >= 0.6 is 35.0 Å². The summed E-state index contributed by atoms with van der Waals surface area (Å²) in [6.45, 7) is 2.74. The number of rotatable bonds is 4. The van der Waals surface area contributed by atoms with Gasteiger partial charge >= 0.3 is 0 Å². The zero-order valence-corrected chi connectivity index (χ0v) is 17.3. The van der Waals surface area contributed by atoms with E-state index in [1.807, 2.05) is 42.6 Å². The number of aromatic nitrogens is 1. The predicted molar refractivity (Wildman–Crippen MR) is 116 cm³/mol. The molecule has 4 rings (SSSR count). The quantitative estimate of drug-likeness (QED) is 0.472. The molecule has 4 nitrogen and oxygen atoms in total. The summed E-state index contributed by atoms with van der Waals surface area (Å²) in [5.74, 6) is -0.241. The van der Waals surface area contributed by atoms with Gasteiger partial charge in [-0.25, -0.2) is 0 Å². The third-order valence-corrected chi connectivity index (χ3v) is 6.15. The third-order valence-electron chi connectivity index (χ3n) is 4.65. The van der Waals surface area contributed by atoms with Gasteiger partial charge in [0.05, 0.1) is 4.91 Å². The highest BCUT2D eigenvalue weighted by molar-refractivity contribution is 8.18. The van der Waals surface area contributed by atoms with E-state index in [2.05, 4.69) is 4.57 Å². The highest BCUT2D eigenvalue weighted by atomic mass is 35.5. The minimum Gasteiger partial charge on any atom is -0.342 e. The second kappa shape index (κ2) is 7.66. The number of thioether (sulfide) groups is 1. The zero-order chi connectivity index (χ0) is 19.8. The smallest absolute Gasteiger partial charge is 0.293 e. The van der Waals surface area contributed by atoms with Gasteiger partial charge in [-0.05, 0) is 48.5 Å². The monoisotopic (exact) mass is 430 g/mol. The molecule has 0 aliphatic carbocycles. The predicted octanol–water partition coefficient (Wildman–Crippen LogP) is 6.05. The summed E-state index contributed by atoms with van der Waals surface area (Å²) in [5, 5.41) is 1.99. The fourth-order valence-corrected chi connectivity index (χ4v) is 4.63. The first-order valence-electron chi connectivity index (χ1n) is 8.75. The Morgan fingerprint density at radius 1 is 1.11 bits per heavy atom. The van der Waals surface area contributed by atoms with Crippen molar-refractivity contribution in [3.05, 3.63) is 74.7 Å². The standard InChI is InChI=1S/C21H16Cl2N2O2S/c1-2-25-20(26)19(28-21(25)27)9-14-12-24(18-6-4-3-5-16(14)18)11-13-7-8-15(22)10-17(13)23/h3-10,12H,2,11H2,1H3/b19-9+. The van der Waals surface area contributed by atoms with Gasteiger partial charge in [0.15, 0.2) is 0 Å². The van der Waals surface area contributed by atoms with E-state index in [0.29, 0.717) is 28.0 Å². The highest BCUT2D eigenvalue weighted by Gasteiger charge is 2.33. The minimum absolute atomic E-state index is 0.226. The number of imide groups is 1. The number of benzene rings is 2. The van der Waals surface area contributed by atoms with Gasteiger partial charge in [0, 0.05) is 45.8 Å².